The highest BCUT2D eigenvalue weighted by atomic mass is 32.2. The molecule has 1 aliphatic rings. The summed E-state index contributed by atoms with van der Waals surface area (Å²) in [7, 11) is 0. The quantitative estimate of drug-likeness (QED) is 0.625. The number of thioether (sulfide) groups is 1. The second kappa shape index (κ2) is 6.44. The van der Waals surface area contributed by atoms with Gasteiger partial charge in [0.15, 0.2) is 6.61 Å². The molecule has 0 saturated carbocycles. The predicted octanol–water partition coefficient (Wildman–Crippen LogP) is 1.83. The smallest absolute Gasteiger partial charge is 0.312 e. The van der Waals surface area contributed by atoms with E-state index >= 15 is 0 Å². The minimum atomic E-state index is -0.492. The van der Waals surface area contributed by atoms with Crippen molar-refractivity contribution in [1.82, 2.24) is 0 Å². The number of hydrogen-bond acceptors (Lipinski definition) is 5. The van der Waals surface area contributed by atoms with Gasteiger partial charge in [0.05, 0.1) is 5.92 Å². The van der Waals surface area contributed by atoms with Gasteiger partial charge in [0.1, 0.15) is 6.07 Å². The molecule has 0 bridgehead atoms. The molecule has 2 rings (SSSR count). The number of rotatable bonds is 4. The molecule has 20 heavy (non-hydrogen) atoms. The van der Waals surface area contributed by atoms with Crippen LogP contribution in [0.25, 0.3) is 0 Å². The molecule has 0 unspecified atom stereocenters. The van der Waals surface area contributed by atoms with Crippen LogP contribution in [-0.4, -0.2) is 31.3 Å². The molecule has 0 aliphatic carbocycles. The van der Waals surface area contributed by atoms with Gasteiger partial charge in [-0.3, -0.25) is 9.59 Å². The molecule has 1 saturated heterocycles. The molecule has 0 spiro atoms. The second-order valence-electron chi connectivity index (χ2n) is 4.37. The van der Waals surface area contributed by atoms with Crippen LogP contribution in [0.3, 0.4) is 0 Å². The summed E-state index contributed by atoms with van der Waals surface area (Å²) < 4.78 is 4.77. The van der Waals surface area contributed by atoms with Crippen molar-refractivity contribution in [3.63, 3.8) is 0 Å². The zero-order valence-corrected chi connectivity index (χ0v) is 11.9. The Labute approximate surface area is 121 Å². The molecule has 1 aromatic rings. The number of amides is 1. The summed E-state index contributed by atoms with van der Waals surface area (Å²) in [4.78, 5) is 26.4. The van der Waals surface area contributed by atoms with Crippen LogP contribution in [0.2, 0.25) is 0 Å². The lowest BCUT2D eigenvalue weighted by Crippen LogP contribution is -2.26. The predicted molar refractivity (Wildman–Crippen MR) is 75.3 cm³/mol. The maximum atomic E-state index is 12.0. The first-order valence-electron chi connectivity index (χ1n) is 6.13. The first-order chi connectivity index (χ1) is 9.65. The van der Waals surface area contributed by atoms with Gasteiger partial charge in [-0.25, -0.2) is 0 Å². The standard InChI is InChI=1S/C14H14N2O3S/c1-20-12-4-2-3-11(8-12)16-9-10(7-13(16)17)14(18)19-6-5-15/h2-4,8,10H,6-7,9H2,1H3/t10-/m1/s1. The molecule has 1 aromatic carbocycles. The van der Waals surface area contributed by atoms with Gasteiger partial charge in [-0.05, 0) is 24.5 Å². The third-order valence-electron chi connectivity index (χ3n) is 3.10. The summed E-state index contributed by atoms with van der Waals surface area (Å²) in [5, 5.41) is 8.39. The van der Waals surface area contributed by atoms with Crippen LogP contribution in [0, 0.1) is 17.2 Å². The number of esters is 1. The van der Waals surface area contributed by atoms with Gasteiger partial charge in [-0.1, -0.05) is 6.07 Å². The van der Waals surface area contributed by atoms with Crippen LogP contribution in [0.5, 0.6) is 0 Å². The molecule has 0 N–H and O–H groups in total. The molecule has 6 heteroatoms. The Kier molecular flexibility index (Phi) is 4.64. The number of hydrogen-bond donors (Lipinski definition) is 0. The Morgan fingerprint density at radius 3 is 3.10 bits per heavy atom. The number of benzene rings is 1. The van der Waals surface area contributed by atoms with Gasteiger partial charge >= 0.3 is 5.97 Å². The van der Waals surface area contributed by atoms with Gasteiger partial charge < -0.3 is 9.64 Å². The Balaban J connectivity index is 2.09. The minimum Gasteiger partial charge on any atom is -0.450 e. The lowest BCUT2D eigenvalue weighted by Gasteiger charge is -2.17. The molecule has 1 amide bonds. The number of carbonyl (C=O) groups excluding carboxylic acids is 2. The van der Waals surface area contributed by atoms with Crippen molar-refractivity contribution in [2.75, 3.05) is 24.3 Å². The van der Waals surface area contributed by atoms with E-state index in [1.165, 1.54) is 0 Å². The molecule has 1 atom stereocenters. The number of nitrogens with zero attached hydrogens (tertiary/aromatic N) is 2. The molecular weight excluding hydrogens is 276 g/mol. The van der Waals surface area contributed by atoms with E-state index in [1.54, 1.807) is 22.7 Å². The van der Waals surface area contributed by atoms with E-state index in [2.05, 4.69) is 0 Å². The van der Waals surface area contributed by atoms with Crippen molar-refractivity contribution in [3.8, 4) is 6.07 Å². The van der Waals surface area contributed by atoms with Gasteiger partial charge in [0.25, 0.3) is 0 Å². The largest absolute Gasteiger partial charge is 0.450 e. The third-order valence-corrected chi connectivity index (χ3v) is 3.83. The first-order valence-corrected chi connectivity index (χ1v) is 7.36. The molecule has 0 aromatic heterocycles. The third kappa shape index (κ3) is 3.11. The van der Waals surface area contributed by atoms with Gasteiger partial charge in [-0.2, -0.15) is 5.26 Å². The fourth-order valence-electron chi connectivity index (χ4n) is 2.11. The number of nitriles is 1. The number of anilines is 1. The lowest BCUT2D eigenvalue weighted by atomic mass is 10.1. The fraction of sp³-hybridized carbons (Fsp3) is 0.357. The second-order valence-corrected chi connectivity index (χ2v) is 5.25. The average molecular weight is 290 g/mol. The van der Waals surface area contributed by atoms with Gasteiger partial charge in [-0.15, -0.1) is 11.8 Å². The van der Waals surface area contributed by atoms with Crippen LogP contribution in [-0.2, 0) is 14.3 Å². The van der Waals surface area contributed by atoms with E-state index < -0.39 is 11.9 Å². The van der Waals surface area contributed by atoms with Gasteiger partial charge in [0, 0.05) is 23.5 Å². The van der Waals surface area contributed by atoms with E-state index in [-0.39, 0.29) is 18.9 Å². The molecule has 1 fully saturated rings. The summed E-state index contributed by atoms with van der Waals surface area (Å²) in [6, 6.07) is 9.37. The summed E-state index contributed by atoms with van der Waals surface area (Å²) in [5.41, 5.74) is 0.789. The summed E-state index contributed by atoms with van der Waals surface area (Å²) >= 11 is 1.60. The zero-order chi connectivity index (χ0) is 14.5. The Morgan fingerprint density at radius 1 is 1.60 bits per heavy atom. The van der Waals surface area contributed by atoms with Crippen LogP contribution in [0.4, 0.5) is 5.69 Å². The molecular formula is C14H14N2O3S. The molecule has 1 aliphatic heterocycles. The summed E-state index contributed by atoms with van der Waals surface area (Å²) in [6.07, 6.45) is 2.10. The lowest BCUT2D eigenvalue weighted by molar-refractivity contribution is -0.146. The van der Waals surface area contributed by atoms with Crippen LogP contribution < -0.4 is 4.90 Å². The SMILES string of the molecule is CSc1cccc(N2C[C@H](C(=O)OCC#N)CC2=O)c1. The maximum Gasteiger partial charge on any atom is 0.312 e. The van der Waals surface area contributed by atoms with E-state index in [9.17, 15) is 9.59 Å². The summed E-state index contributed by atoms with van der Waals surface area (Å²) in [6.45, 7) is 0.0341. The molecule has 1 heterocycles. The fourth-order valence-corrected chi connectivity index (χ4v) is 2.57. The normalized spacial score (nSPS) is 17.9. The number of carbonyl (C=O) groups is 2. The summed E-state index contributed by atoms with van der Waals surface area (Å²) in [5.74, 6) is -1.07. The van der Waals surface area contributed by atoms with Crippen molar-refractivity contribution in [3.05, 3.63) is 24.3 Å². The Hall–Kier alpha value is -2.00. The van der Waals surface area contributed by atoms with E-state index in [4.69, 9.17) is 10.00 Å². The Bertz CT molecular complexity index is 568. The Morgan fingerprint density at radius 2 is 2.40 bits per heavy atom. The van der Waals surface area contributed by atoms with Crippen LogP contribution in [0.1, 0.15) is 6.42 Å². The van der Waals surface area contributed by atoms with Crippen molar-refractivity contribution >= 4 is 29.3 Å². The van der Waals surface area contributed by atoms with Crippen molar-refractivity contribution in [2.45, 2.75) is 11.3 Å². The maximum absolute atomic E-state index is 12.0. The van der Waals surface area contributed by atoms with Crippen LogP contribution >= 0.6 is 11.8 Å². The topological polar surface area (TPSA) is 70.4 Å². The van der Waals surface area contributed by atoms with Crippen molar-refractivity contribution in [1.29, 1.82) is 5.26 Å². The van der Waals surface area contributed by atoms with Gasteiger partial charge in [0.2, 0.25) is 5.91 Å². The first kappa shape index (κ1) is 14.4. The van der Waals surface area contributed by atoms with E-state index in [0.29, 0.717) is 6.54 Å². The minimum absolute atomic E-state index is 0.0952. The van der Waals surface area contributed by atoms with Crippen molar-refractivity contribution in [2.24, 2.45) is 5.92 Å². The molecule has 0 radical (unpaired) electrons. The number of ether oxygens (including phenoxy) is 1. The van der Waals surface area contributed by atoms with Crippen LogP contribution in [0.15, 0.2) is 29.2 Å². The van der Waals surface area contributed by atoms with E-state index in [0.717, 1.165) is 10.6 Å². The zero-order valence-electron chi connectivity index (χ0n) is 11.0. The van der Waals surface area contributed by atoms with Crippen molar-refractivity contribution < 1.29 is 14.3 Å². The average Bonchev–Trinajstić information content (AvgIpc) is 2.87. The highest BCUT2D eigenvalue weighted by molar-refractivity contribution is 7.98. The highest BCUT2D eigenvalue weighted by Gasteiger charge is 2.36. The highest BCUT2D eigenvalue weighted by Crippen LogP contribution is 2.28. The monoisotopic (exact) mass is 290 g/mol. The van der Waals surface area contributed by atoms with E-state index in [1.807, 2.05) is 30.5 Å². The molecule has 5 nitrogen and oxygen atoms in total. The molecule has 104 valence electrons.